The van der Waals surface area contributed by atoms with Gasteiger partial charge in [0.05, 0.1) is 24.9 Å². The first-order valence-corrected chi connectivity index (χ1v) is 9.09. The molecule has 2 aromatic carbocycles. The van der Waals surface area contributed by atoms with Crippen LogP contribution in [0.4, 0.5) is 0 Å². The summed E-state index contributed by atoms with van der Waals surface area (Å²) in [5.41, 5.74) is 2.36. The standard InChI is InChI=1S/C21H27NO4/c23-14-15-6-8-17(9-7-15)21(26)20(16-4-2-1-3-5-16)19(25)13-22-11-10-18(24)12-22/h1-9,18-21,23-26H,10-14H2/t18-,19-,20-,21+/m1/s1. The van der Waals surface area contributed by atoms with Crippen molar-refractivity contribution in [2.45, 2.75) is 37.3 Å². The fourth-order valence-corrected chi connectivity index (χ4v) is 3.67. The van der Waals surface area contributed by atoms with Gasteiger partial charge in [0.25, 0.3) is 0 Å². The number of hydrogen-bond acceptors (Lipinski definition) is 5. The fourth-order valence-electron chi connectivity index (χ4n) is 3.67. The summed E-state index contributed by atoms with van der Waals surface area (Å²) in [6.45, 7) is 1.67. The molecule has 0 bridgehead atoms. The Kier molecular flexibility index (Phi) is 6.40. The second kappa shape index (κ2) is 8.75. The van der Waals surface area contributed by atoms with Crippen molar-refractivity contribution in [2.75, 3.05) is 19.6 Å². The summed E-state index contributed by atoms with van der Waals surface area (Å²) in [4.78, 5) is 2.03. The van der Waals surface area contributed by atoms with Gasteiger partial charge in [-0.3, -0.25) is 4.90 Å². The predicted molar refractivity (Wildman–Crippen MR) is 99.6 cm³/mol. The van der Waals surface area contributed by atoms with E-state index in [1.54, 1.807) is 24.3 Å². The lowest BCUT2D eigenvalue weighted by Crippen LogP contribution is -2.37. The maximum absolute atomic E-state index is 11.0. The Bertz CT molecular complexity index is 676. The first-order valence-electron chi connectivity index (χ1n) is 9.09. The number of aliphatic hydroxyl groups is 4. The van der Waals surface area contributed by atoms with Crippen LogP contribution in [0, 0.1) is 0 Å². The minimum absolute atomic E-state index is 0.0433. The van der Waals surface area contributed by atoms with Crippen molar-refractivity contribution in [3.05, 3.63) is 71.3 Å². The molecule has 0 aliphatic carbocycles. The molecule has 26 heavy (non-hydrogen) atoms. The van der Waals surface area contributed by atoms with E-state index in [4.69, 9.17) is 0 Å². The zero-order valence-corrected chi connectivity index (χ0v) is 14.8. The smallest absolute Gasteiger partial charge is 0.0883 e. The maximum Gasteiger partial charge on any atom is 0.0883 e. The summed E-state index contributed by atoms with van der Waals surface area (Å²) >= 11 is 0. The van der Waals surface area contributed by atoms with Crippen molar-refractivity contribution in [2.24, 2.45) is 0 Å². The highest BCUT2D eigenvalue weighted by Crippen LogP contribution is 2.34. The first kappa shape index (κ1) is 19.0. The van der Waals surface area contributed by atoms with E-state index in [1.807, 2.05) is 35.2 Å². The number of β-amino-alcohol motifs (C(OH)–C–C–N with tert-alkyl or cyclic N) is 2. The van der Waals surface area contributed by atoms with Gasteiger partial charge in [0.2, 0.25) is 0 Å². The van der Waals surface area contributed by atoms with Crippen LogP contribution in [-0.2, 0) is 6.61 Å². The van der Waals surface area contributed by atoms with Gasteiger partial charge in [0.15, 0.2) is 0 Å². The molecule has 1 saturated heterocycles. The summed E-state index contributed by atoms with van der Waals surface area (Å²) in [5, 5.41) is 40.8. The van der Waals surface area contributed by atoms with E-state index < -0.39 is 18.1 Å². The molecule has 5 nitrogen and oxygen atoms in total. The van der Waals surface area contributed by atoms with Crippen LogP contribution in [-0.4, -0.2) is 57.2 Å². The highest BCUT2D eigenvalue weighted by atomic mass is 16.3. The largest absolute Gasteiger partial charge is 0.392 e. The van der Waals surface area contributed by atoms with E-state index in [1.165, 1.54) is 0 Å². The Balaban J connectivity index is 1.82. The number of aliphatic hydroxyl groups excluding tert-OH is 4. The van der Waals surface area contributed by atoms with Gasteiger partial charge in [-0.1, -0.05) is 54.6 Å². The van der Waals surface area contributed by atoms with Crippen molar-refractivity contribution in [1.29, 1.82) is 0 Å². The van der Waals surface area contributed by atoms with Crippen molar-refractivity contribution in [1.82, 2.24) is 4.90 Å². The normalized spacial score (nSPS) is 21.5. The van der Waals surface area contributed by atoms with Gasteiger partial charge in [-0.05, 0) is 23.1 Å². The second-order valence-corrected chi connectivity index (χ2v) is 7.05. The molecule has 0 unspecified atom stereocenters. The summed E-state index contributed by atoms with van der Waals surface area (Å²) in [6.07, 6.45) is -1.26. The lowest BCUT2D eigenvalue weighted by Gasteiger charge is -2.31. The molecular weight excluding hydrogens is 330 g/mol. The Hall–Kier alpha value is -1.76. The average Bonchev–Trinajstić information content (AvgIpc) is 3.07. The molecule has 0 aromatic heterocycles. The van der Waals surface area contributed by atoms with Crippen LogP contribution >= 0.6 is 0 Å². The second-order valence-electron chi connectivity index (χ2n) is 7.05. The van der Waals surface area contributed by atoms with Gasteiger partial charge >= 0.3 is 0 Å². The quantitative estimate of drug-likeness (QED) is 0.602. The molecule has 1 heterocycles. The number of rotatable bonds is 7. The SMILES string of the molecule is OCc1ccc([C@H](O)[C@H](c2ccccc2)[C@H](O)CN2CC[C@@H](O)C2)cc1. The van der Waals surface area contributed by atoms with Gasteiger partial charge in [-0.25, -0.2) is 0 Å². The third-order valence-corrected chi connectivity index (χ3v) is 5.14. The molecular formula is C21H27NO4. The van der Waals surface area contributed by atoms with E-state index in [0.29, 0.717) is 25.1 Å². The molecule has 140 valence electrons. The molecule has 1 aliphatic rings. The van der Waals surface area contributed by atoms with Crippen LogP contribution in [0.2, 0.25) is 0 Å². The number of benzene rings is 2. The lowest BCUT2D eigenvalue weighted by molar-refractivity contribution is 0.0312. The molecule has 2 aromatic rings. The Morgan fingerprint density at radius 1 is 0.962 bits per heavy atom. The topological polar surface area (TPSA) is 84.2 Å². The third kappa shape index (κ3) is 4.50. The van der Waals surface area contributed by atoms with Gasteiger partial charge < -0.3 is 20.4 Å². The Morgan fingerprint density at radius 2 is 1.65 bits per heavy atom. The van der Waals surface area contributed by atoms with Gasteiger partial charge in [-0.15, -0.1) is 0 Å². The van der Waals surface area contributed by atoms with E-state index in [-0.39, 0.29) is 12.7 Å². The molecule has 4 atom stereocenters. The van der Waals surface area contributed by atoms with Crippen LogP contribution < -0.4 is 0 Å². The summed E-state index contributed by atoms with van der Waals surface area (Å²) in [7, 11) is 0. The number of likely N-dealkylation sites (tertiary alicyclic amines) is 1. The zero-order chi connectivity index (χ0) is 18.5. The molecule has 4 N–H and O–H groups in total. The monoisotopic (exact) mass is 357 g/mol. The fraction of sp³-hybridized carbons (Fsp3) is 0.429. The Labute approximate surface area is 154 Å². The molecule has 1 fully saturated rings. The van der Waals surface area contributed by atoms with Crippen molar-refractivity contribution < 1.29 is 20.4 Å². The molecule has 0 saturated carbocycles. The van der Waals surface area contributed by atoms with Gasteiger partial charge in [0, 0.05) is 25.6 Å². The molecule has 0 amide bonds. The maximum atomic E-state index is 11.0. The van der Waals surface area contributed by atoms with E-state index >= 15 is 0 Å². The van der Waals surface area contributed by atoms with Crippen molar-refractivity contribution >= 4 is 0 Å². The number of nitrogens with zero attached hydrogens (tertiary/aromatic N) is 1. The highest BCUT2D eigenvalue weighted by molar-refractivity contribution is 5.30. The minimum atomic E-state index is -0.868. The predicted octanol–water partition coefficient (Wildman–Crippen LogP) is 1.42. The summed E-state index contributed by atoms with van der Waals surface area (Å²) in [6, 6.07) is 16.7. The van der Waals surface area contributed by atoms with E-state index in [9.17, 15) is 20.4 Å². The van der Waals surface area contributed by atoms with E-state index in [0.717, 1.165) is 17.7 Å². The van der Waals surface area contributed by atoms with Crippen molar-refractivity contribution in [3.8, 4) is 0 Å². The first-order chi connectivity index (χ1) is 12.6. The summed E-state index contributed by atoms with van der Waals surface area (Å²) < 4.78 is 0. The molecule has 1 aliphatic heterocycles. The van der Waals surface area contributed by atoms with Crippen LogP contribution in [0.25, 0.3) is 0 Å². The van der Waals surface area contributed by atoms with E-state index in [2.05, 4.69) is 0 Å². The van der Waals surface area contributed by atoms with Gasteiger partial charge in [-0.2, -0.15) is 0 Å². The zero-order valence-electron chi connectivity index (χ0n) is 14.8. The molecule has 3 rings (SSSR count). The highest BCUT2D eigenvalue weighted by Gasteiger charge is 2.32. The molecule has 0 radical (unpaired) electrons. The Morgan fingerprint density at radius 3 is 2.23 bits per heavy atom. The molecule has 0 spiro atoms. The third-order valence-electron chi connectivity index (χ3n) is 5.14. The average molecular weight is 357 g/mol. The summed E-state index contributed by atoms with van der Waals surface area (Å²) in [5.74, 6) is -0.478. The van der Waals surface area contributed by atoms with Crippen LogP contribution in [0.15, 0.2) is 54.6 Å². The van der Waals surface area contributed by atoms with Gasteiger partial charge in [0.1, 0.15) is 0 Å². The van der Waals surface area contributed by atoms with Crippen LogP contribution in [0.1, 0.15) is 35.1 Å². The minimum Gasteiger partial charge on any atom is -0.392 e. The molecule has 5 heteroatoms. The van der Waals surface area contributed by atoms with Crippen LogP contribution in [0.3, 0.4) is 0 Å². The number of hydrogen-bond donors (Lipinski definition) is 4. The van der Waals surface area contributed by atoms with Crippen molar-refractivity contribution in [3.63, 3.8) is 0 Å². The lowest BCUT2D eigenvalue weighted by atomic mass is 9.84. The van der Waals surface area contributed by atoms with Crippen LogP contribution in [0.5, 0.6) is 0 Å².